The van der Waals surface area contributed by atoms with E-state index in [0.29, 0.717) is 18.6 Å². The number of rotatable bonds is 3. The van der Waals surface area contributed by atoms with Gasteiger partial charge in [0.1, 0.15) is 0 Å². The van der Waals surface area contributed by atoms with E-state index >= 15 is 0 Å². The van der Waals surface area contributed by atoms with Gasteiger partial charge in [-0.25, -0.2) is 4.39 Å². The first-order chi connectivity index (χ1) is 7.34. The van der Waals surface area contributed by atoms with Crippen molar-refractivity contribution in [3.8, 4) is 5.75 Å². The second-order valence-corrected chi connectivity index (χ2v) is 3.48. The zero-order chi connectivity index (χ0) is 12.3. The molecule has 0 aliphatic heterocycles. The van der Waals surface area contributed by atoms with Gasteiger partial charge < -0.3 is 4.74 Å². The van der Waals surface area contributed by atoms with E-state index in [1.807, 2.05) is 0 Å². The molecule has 0 heterocycles. The summed E-state index contributed by atoms with van der Waals surface area (Å²) < 4.78 is 55.2. The van der Waals surface area contributed by atoms with Crippen molar-refractivity contribution >= 4 is 0 Å². The highest BCUT2D eigenvalue weighted by atomic mass is 19.4. The smallest absolute Gasteiger partial charge is 0.416 e. The molecule has 0 saturated heterocycles. The number of hydrogen-bond acceptors (Lipinski definition) is 1. The minimum absolute atomic E-state index is 0.321. The lowest BCUT2D eigenvalue weighted by molar-refractivity contribution is -0.137. The van der Waals surface area contributed by atoms with Crippen LogP contribution in [0.25, 0.3) is 0 Å². The van der Waals surface area contributed by atoms with Crippen LogP contribution in [0.1, 0.15) is 25.8 Å². The Balaban J connectivity index is 3.00. The summed E-state index contributed by atoms with van der Waals surface area (Å²) in [6.45, 7) is 3.47. The molecule has 1 nitrogen and oxygen atoms in total. The number of alkyl halides is 3. The second-order valence-electron chi connectivity index (χ2n) is 3.48. The van der Waals surface area contributed by atoms with Gasteiger partial charge in [-0.3, -0.25) is 0 Å². The van der Waals surface area contributed by atoms with E-state index in [9.17, 15) is 17.6 Å². The van der Waals surface area contributed by atoms with Crippen molar-refractivity contribution < 1.29 is 22.3 Å². The molecule has 16 heavy (non-hydrogen) atoms. The first kappa shape index (κ1) is 12.8. The van der Waals surface area contributed by atoms with Crippen molar-refractivity contribution in [2.75, 3.05) is 0 Å². The van der Waals surface area contributed by atoms with Gasteiger partial charge in [-0.2, -0.15) is 13.2 Å². The molecule has 1 unspecified atom stereocenters. The maximum absolute atomic E-state index is 13.2. The van der Waals surface area contributed by atoms with Crippen LogP contribution in [-0.2, 0) is 6.18 Å². The van der Waals surface area contributed by atoms with Gasteiger partial charge in [0.25, 0.3) is 0 Å². The summed E-state index contributed by atoms with van der Waals surface area (Å²) in [6, 6.07) is 2.14. The lowest BCUT2D eigenvalue weighted by Gasteiger charge is -2.15. The Morgan fingerprint density at radius 2 is 1.94 bits per heavy atom. The van der Waals surface area contributed by atoms with Crippen molar-refractivity contribution in [2.24, 2.45) is 0 Å². The first-order valence-corrected chi connectivity index (χ1v) is 4.88. The summed E-state index contributed by atoms with van der Waals surface area (Å²) in [5.74, 6) is -1.14. The van der Waals surface area contributed by atoms with Crippen molar-refractivity contribution in [2.45, 2.75) is 32.5 Å². The van der Waals surface area contributed by atoms with Crippen LogP contribution in [0, 0.1) is 5.82 Å². The third-order valence-corrected chi connectivity index (χ3v) is 2.16. The molecule has 0 bridgehead atoms. The number of hydrogen-bond donors (Lipinski definition) is 0. The summed E-state index contributed by atoms with van der Waals surface area (Å²) in [5, 5.41) is 0. The molecule has 0 aliphatic carbocycles. The summed E-state index contributed by atoms with van der Waals surface area (Å²) >= 11 is 0. The topological polar surface area (TPSA) is 9.23 Å². The van der Waals surface area contributed by atoms with Crippen molar-refractivity contribution in [1.29, 1.82) is 0 Å². The molecule has 1 aromatic rings. The Hall–Kier alpha value is -1.26. The minimum Gasteiger partial charge on any atom is -0.488 e. The molecule has 1 atom stereocenters. The van der Waals surface area contributed by atoms with Crippen LogP contribution in [0.5, 0.6) is 5.75 Å². The summed E-state index contributed by atoms with van der Waals surface area (Å²) in [7, 11) is 0. The fraction of sp³-hybridized carbons (Fsp3) is 0.455. The van der Waals surface area contributed by atoms with Gasteiger partial charge in [0.05, 0.1) is 11.7 Å². The van der Waals surface area contributed by atoms with Crippen LogP contribution >= 0.6 is 0 Å². The monoisotopic (exact) mass is 236 g/mol. The van der Waals surface area contributed by atoms with Crippen molar-refractivity contribution in [1.82, 2.24) is 0 Å². The maximum atomic E-state index is 13.2. The van der Waals surface area contributed by atoms with E-state index in [2.05, 4.69) is 0 Å². The fourth-order valence-corrected chi connectivity index (χ4v) is 1.07. The molecule has 0 N–H and O–H groups in total. The Morgan fingerprint density at radius 3 is 2.44 bits per heavy atom. The fourth-order valence-electron chi connectivity index (χ4n) is 1.07. The summed E-state index contributed by atoms with van der Waals surface area (Å²) in [5.41, 5.74) is -0.910. The molecule has 5 heteroatoms. The van der Waals surface area contributed by atoms with Gasteiger partial charge in [0, 0.05) is 0 Å². The highest BCUT2D eigenvalue weighted by Gasteiger charge is 2.31. The van der Waals surface area contributed by atoms with Crippen molar-refractivity contribution in [3.63, 3.8) is 0 Å². The maximum Gasteiger partial charge on any atom is 0.416 e. The standard InChI is InChI=1S/C11H12F4O/c1-3-7(2)16-10-6-8(11(13,14)15)4-5-9(10)12/h4-7H,3H2,1-2H3. The molecule has 1 rings (SSSR count). The van der Waals surface area contributed by atoms with E-state index in [1.54, 1.807) is 13.8 Å². The summed E-state index contributed by atoms with van der Waals surface area (Å²) in [4.78, 5) is 0. The van der Waals surface area contributed by atoms with Gasteiger partial charge in [0.2, 0.25) is 0 Å². The molecule has 90 valence electrons. The van der Waals surface area contributed by atoms with Crippen LogP contribution < -0.4 is 4.74 Å². The van der Waals surface area contributed by atoms with Gasteiger partial charge in [-0.1, -0.05) is 6.92 Å². The number of benzene rings is 1. The molecular weight excluding hydrogens is 224 g/mol. The normalized spacial score (nSPS) is 13.6. The van der Waals surface area contributed by atoms with E-state index in [0.717, 1.165) is 6.07 Å². The molecule has 0 amide bonds. The average molecular weight is 236 g/mol. The van der Waals surface area contributed by atoms with Crippen LogP contribution in [-0.4, -0.2) is 6.10 Å². The predicted molar refractivity (Wildman–Crippen MR) is 51.8 cm³/mol. The van der Waals surface area contributed by atoms with E-state index in [1.165, 1.54) is 0 Å². The van der Waals surface area contributed by atoms with Crippen LogP contribution in [0.15, 0.2) is 18.2 Å². The van der Waals surface area contributed by atoms with E-state index < -0.39 is 17.6 Å². The SMILES string of the molecule is CCC(C)Oc1cc(C(F)(F)F)ccc1F. The van der Waals surface area contributed by atoms with Gasteiger partial charge in [0.15, 0.2) is 11.6 Å². The zero-order valence-electron chi connectivity index (χ0n) is 8.94. The van der Waals surface area contributed by atoms with Crippen LogP contribution in [0.4, 0.5) is 17.6 Å². The Bertz CT molecular complexity index is 359. The van der Waals surface area contributed by atoms with Crippen LogP contribution in [0.3, 0.4) is 0 Å². The molecule has 1 aromatic carbocycles. The average Bonchev–Trinajstić information content (AvgIpc) is 2.19. The molecular formula is C11H12F4O. The zero-order valence-corrected chi connectivity index (χ0v) is 8.94. The highest BCUT2D eigenvalue weighted by Crippen LogP contribution is 2.32. The first-order valence-electron chi connectivity index (χ1n) is 4.88. The Labute approximate surface area is 91.0 Å². The Kier molecular flexibility index (Phi) is 3.78. The van der Waals surface area contributed by atoms with E-state index in [4.69, 9.17) is 4.74 Å². The molecule has 0 saturated carbocycles. The van der Waals surface area contributed by atoms with Gasteiger partial charge in [-0.15, -0.1) is 0 Å². The van der Waals surface area contributed by atoms with Gasteiger partial charge in [-0.05, 0) is 31.5 Å². The molecule has 0 aromatic heterocycles. The number of ether oxygens (including phenoxy) is 1. The van der Waals surface area contributed by atoms with Crippen molar-refractivity contribution in [3.05, 3.63) is 29.6 Å². The molecule has 0 fully saturated rings. The highest BCUT2D eigenvalue weighted by molar-refractivity contribution is 5.32. The minimum atomic E-state index is -4.48. The third kappa shape index (κ3) is 3.12. The van der Waals surface area contributed by atoms with E-state index in [-0.39, 0.29) is 11.9 Å². The lowest BCUT2D eigenvalue weighted by atomic mass is 10.2. The summed E-state index contributed by atoms with van der Waals surface area (Å²) in [6.07, 6.45) is -4.21. The molecule has 0 radical (unpaired) electrons. The number of halogens is 4. The van der Waals surface area contributed by atoms with Crippen LogP contribution in [0.2, 0.25) is 0 Å². The van der Waals surface area contributed by atoms with Gasteiger partial charge >= 0.3 is 6.18 Å². The quantitative estimate of drug-likeness (QED) is 0.720. The molecule has 0 aliphatic rings. The second kappa shape index (κ2) is 4.72. The Morgan fingerprint density at radius 1 is 1.31 bits per heavy atom. The third-order valence-electron chi connectivity index (χ3n) is 2.16. The predicted octanol–water partition coefficient (Wildman–Crippen LogP) is 4.02. The molecule has 0 spiro atoms. The lowest BCUT2D eigenvalue weighted by Crippen LogP contribution is -2.12. The largest absolute Gasteiger partial charge is 0.488 e.